The van der Waals surface area contributed by atoms with Crippen molar-refractivity contribution in [3.05, 3.63) is 71.3 Å². The summed E-state index contributed by atoms with van der Waals surface area (Å²) in [5.41, 5.74) is 1.87. The molecule has 0 amide bonds. The quantitative estimate of drug-likeness (QED) is 0.907. The minimum absolute atomic E-state index is 0.0608. The average Bonchev–Trinajstić information content (AvgIpc) is 2.55. The van der Waals surface area contributed by atoms with E-state index in [9.17, 15) is 13.6 Å². The van der Waals surface area contributed by atoms with Gasteiger partial charge in [-0.15, -0.1) is 0 Å². The summed E-state index contributed by atoms with van der Waals surface area (Å²) in [6, 6.07) is 12.5. The number of Topliss-reactive ketones (excluding diaryl/α,β-unsaturated/α-hetero) is 1. The Morgan fingerprint density at radius 3 is 1.43 bits per heavy atom. The Labute approximate surface area is 134 Å². The molecule has 2 aromatic carbocycles. The molecular weight excluding hydrogens is 296 g/mol. The molecule has 1 aliphatic heterocycles. The number of ketones is 1. The van der Waals surface area contributed by atoms with Gasteiger partial charge in [-0.3, -0.25) is 4.79 Å². The lowest BCUT2D eigenvalue weighted by Crippen LogP contribution is -2.91. The first-order chi connectivity index (χ1) is 11.0. The second-order valence-corrected chi connectivity index (χ2v) is 6.33. The van der Waals surface area contributed by atoms with E-state index in [-0.39, 0.29) is 41.3 Å². The molecule has 1 fully saturated rings. The number of hydrogen-bond acceptors (Lipinski definition) is 1. The van der Waals surface area contributed by atoms with Crippen LogP contribution in [-0.4, -0.2) is 5.78 Å². The minimum atomic E-state index is -0.285. The van der Waals surface area contributed by atoms with Crippen molar-refractivity contribution >= 4 is 5.78 Å². The highest BCUT2D eigenvalue weighted by atomic mass is 19.1. The number of carbonyl (C=O) groups excluding carboxylic acids is 1. The van der Waals surface area contributed by atoms with Gasteiger partial charge in [0.2, 0.25) is 0 Å². The summed E-state index contributed by atoms with van der Waals surface area (Å²) in [5.74, 6) is -0.672. The Kier molecular flexibility index (Phi) is 4.26. The van der Waals surface area contributed by atoms with Gasteiger partial charge in [-0.05, 0) is 38.1 Å². The van der Waals surface area contributed by atoms with Crippen LogP contribution in [0, 0.1) is 23.5 Å². The number of nitrogens with two attached hydrogens (primary N) is 1. The smallest absolute Gasteiger partial charge is 0.151 e. The third-order valence-corrected chi connectivity index (χ3v) is 4.90. The molecular formula is C19H20F2NO+. The fraction of sp³-hybridized carbons (Fsp3) is 0.316. The second-order valence-electron chi connectivity index (χ2n) is 6.33. The molecule has 120 valence electrons. The Hall–Kier alpha value is -2.07. The monoisotopic (exact) mass is 316 g/mol. The van der Waals surface area contributed by atoms with Crippen molar-refractivity contribution in [2.45, 2.75) is 25.9 Å². The Balaban J connectivity index is 1.94. The SMILES string of the molecule is C[C@@H]1C(=O)[C@@H](C)[C@H](c2ccc(F)cc2)[NH2+][C@@H]1c1ccc(F)cc1. The maximum Gasteiger partial charge on any atom is 0.151 e. The third-order valence-electron chi connectivity index (χ3n) is 4.90. The summed E-state index contributed by atoms with van der Waals surface area (Å²) in [5, 5.41) is 2.15. The number of hydrogen-bond donors (Lipinski definition) is 1. The van der Waals surface area contributed by atoms with Crippen molar-refractivity contribution in [1.82, 2.24) is 0 Å². The molecule has 0 bridgehead atoms. The fourth-order valence-corrected chi connectivity index (χ4v) is 3.49. The van der Waals surface area contributed by atoms with Crippen molar-refractivity contribution in [2.75, 3.05) is 0 Å². The zero-order valence-corrected chi connectivity index (χ0v) is 13.2. The number of rotatable bonds is 2. The number of benzene rings is 2. The summed E-state index contributed by atoms with van der Waals surface area (Å²) in [7, 11) is 0. The summed E-state index contributed by atoms with van der Waals surface area (Å²) >= 11 is 0. The van der Waals surface area contributed by atoms with Crippen molar-refractivity contribution in [3.63, 3.8) is 0 Å². The molecule has 0 spiro atoms. The molecule has 1 saturated heterocycles. The Morgan fingerprint density at radius 2 is 1.09 bits per heavy atom. The maximum atomic E-state index is 13.2. The van der Waals surface area contributed by atoms with E-state index in [0.717, 1.165) is 11.1 Å². The molecule has 2 N–H and O–H groups in total. The Morgan fingerprint density at radius 1 is 0.739 bits per heavy atom. The van der Waals surface area contributed by atoms with Gasteiger partial charge in [-0.2, -0.15) is 0 Å². The normalized spacial score (nSPS) is 27.9. The van der Waals surface area contributed by atoms with Gasteiger partial charge in [0.1, 0.15) is 23.7 Å². The number of halogens is 2. The van der Waals surface area contributed by atoms with E-state index in [1.54, 1.807) is 24.3 Å². The molecule has 1 aliphatic rings. The van der Waals surface area contributed by atoms with Crippen molar-refractivity contribution in [2.24, 2.45) is 11.8 Å². The standard InChI is InChI=1S/C19H19F2NO/c1-11-17(13-3-7-15(20)8-4-13)22-18(12(2)19(11)23)14-5-9-16(21)10-6-14/h3-12,17-18,22H,1-2H3/p+1/t11-,12-,17-,18+/m0/s1. The molecule has 0 aromatic heterocycles. The largest absolute Gasteiger partial charge is 0.333 e. The van der Waals surface area contributed by atoms with Crippen LogP contribution in [0.4, 0.5) is 8.78 Å². The van der Waals surface area contributed by atoms with Crippen LogP contribution >= 0.6 is 0 Å². The first-order valence-corrected chi connectivity index (χ1v) is 7.87. The van der Waals surface area contributed by atoms with Crippen LogP contribution in [0.5, 0.6) is 0 Å². The van der Waals surface area contributed by atoms with Gasteiger partial charge < -0.3 is 5.32 Å². The molecule has 0 radical (unpaired) electrons. The summed E-state index contributed by atoms with van der Waals surface area (Å²) in [6.07, 6.45) is 0. The van der Waals surface area contributed by atoms with Gasteiger partial charge in [0.15, 0.2) is 5.78 Å². The van der Waals surface area contributed by atoms with Crippen LogP contribution < -0.4 is 5.32 Å². The van der Waals surface area contributed by atoms with Crippen LogP contribution in [-0.2, 0) is 4.79 Å². The maximum absolute atomic E-state index is 13.2. The molecule has 0 saturated carbocycles. The first kappa shape index (κ1) is 15.8. The van der Waals surface area contributed by atoms with E-state index in [2.05, 4.69) is 5.32 Å². The van der Waals surface area contributed by atoms with Gasteiger partial charge in [-0.25, -0.2) is 8.78 Å². The fourth-order valence-electron chi connectivity index (χ4n) is 3.49. The predicted molar refractivity (Wildman–Crippen MR) is 83.5 cm³/mol. The molecule has 0 unspecified atom stereocenters. The molecule has 2 aromatic rings. The van der Waals surface area contributed by atoms with Crippen molar-refractivity contribution in [3.8, 4) is 0 Å². The molecule has 2 nitrogen and oxygen atoms in total. The number of carbonyl (C=O) groups is 1. The van der Waals surface area contributed by atoms with Gasteiger partial charge in [0.25, 0.3) is 0 Å². The second kappa shape index (κ2) is 6.20. The average molecular weight is 316 g/mol. The summed E-state index contributed by atoms with van der Waals surface area (Å²) in [4.78, 5) is 12.7. The van der Waals surface area contributed by atoms with Crippen molar-refractivity contribution in [1.29, 1.82) is 0 Å². The lowest BCUT2D eigenvalue weighted by Gasteiger charge is -2.36. The van der Waals surface area contributed by atoms with Gasteiger partial charge in [0, 0.05) is 11.1 Å². The van der Waals surface area contributed by atoms with Crippen LogP contribution in [0.1, 0.15) is 37.1 Å². The number of piperidine rings is 1. The van der Waals surface area contributed by atoms with Gasteiger partial charge in [0.05, 0.1) is 11.8 Å². The van der Waals surface area contributed by atoms with E-state index in [0.29, 0.717) is 0 Å². The molecule has 23 heavy (non-hydrogen) atoms. The van der Waals surface area contributed by atoms with E-state index in [1.807, 2.05) is 13.8 Å². The lowest BCUT2D eigenvalue weighted by atomic mass is 9.76. The van der Waals surface area contributed by atoms with E-state index in [4.69, 9.17) is 0 Å². The molecule has 1 heterocycles. The van der Waals surface area contributed by atoms with Crippen molar-refractivity contribution < 1.29 is 18.9 Å². The number of quaternary nitrogens is 1. The van der Waals surface area contributed by atoms with Gasteiger partial charge in [-0.1, -0.05) is 24.3 Å². The van der Waals surface area contributed by atoms with E-state index < -0.39 is 0 Å². The highest BCUT2D eigenvalue weighted by Crippen LogP contribution is 2.32. The van der Waals surface area contributed by atoms with E-state index in [1.165, 1.54) is 24.3 Å². The zero-order valence-electron chi connectivity index (χ0n) is 13.2. The van der Waals surface area contributed by atoms with Crippen LogP contribution in [0.25, 0.3) is 0 Å². The summed E-state index contributed by atoms with van der Waals surface area (Å²) in [6.45, 7) is 3.84. The Bertz CT molecular complexity index is 637. The minimum Gasteiger partial charge on any atom is -0.333 e. The zero-order chi connectivity index (χ0) is 16.6. The highest BCUT2D eigenvalue weighted by Gasteiger charge is 2.43. The van der Waals surface area contributed by atoms with E-state index >= 15 is 0 Å². The van der Waals surface area contributed by atoms with Crippen LogP contribution in [0.3, 0.4) is 0 Å². The third kappa shape index (κ3) is 3.04. The predicted octanol–water partition coefficient (Wildman–Crippen LogP) is 3.17. The van der Waals surface area contributed by atoms with Crippen LogP contribution in [0.2, 0.25) is 0 Å². The highest BCUT2D eigenvalue weighted by molar-refractivity contribution is 5.84. The van der Waals surface area contributed by atoms with Gasteiger partial charge >= 0.3 is 0 Å². The lowest BCUT2D eigenvalue weighted by molar-refractivity contribution is -0.748. The topological polar surface area (TPSA) is 33.7 Å². The first-order valence-electron chi connectivity index (χ1n) is 7.87. The molecule has 0 aliphatic carbocycles. The molecule has 4 atom stereocenters. The van der Waals surface area contributed by atoms with Crippen LogP contribution in [0.15, 0.2) is 48.5 Å². The molecule has 3 rings (SSSR count). The summed E-state index contributed by atoms with van der Waals surface area (Å²) < 4.78 is 26.3. The molecule has 4 heteroatoms.